The van der Waals surface area contributed by atoms with E-state index in [1.165, 1.54) is 36.5 Å². The van der Waals surface area contributed by atoms with E-state index >= 15 is 0 Å². The maximum atomic E-state index is 12.6. The average Bonchev–Trinajstić information content (AvgIpc) is 2.68. The van der Waals surface area contributed by atoms with Crippen LogP contribution in [0.25, 0.3) is 0 Å². The Labute approximate surface area is 167 Å². The number of amides is 1. The summed E-state index contributed by atoms with van der Waals surface area (Å²) in [6.07, 6.45) is 4.66. The number of pyridine rings is 1. The lowest BCUT2D eigenvalue weighted by Crippen LogP contribution is -2.19. The zero-order valence-corrected chi connectivity index (χ0v) is 16.0. The predicted molar refractivity (Wildman–Crippen MR) is 108 cm³/mol. The molecule has 3 aromatic rings. The number of carbonyl (C=O) groups excluding carboxylic acids is 1. The van der Waals surface area contributed by atoms with Crippen LogP contribution in [0.2, 0.25) is 5.02 Å². The Bertz CT molecular complexity index is 1120. The summed E-state index contributed by atoms with van der Waals surface area (Å²) in [4.78, 5) is 16.1. The molecule has 0 saturated carbocycles. The number of nitrogens with zero attached hydrogens (tertiary/aromatic N) is 2. The van der Waals surface area contributed by atoms with Crippen molar-refractivity contribution in [2.75, 3.05) is 4.72 Å². The first-order valence-corrected chi connectivity index (χ1v) is 9.92. The lowest BCUT2D eigenvalue weighted by molar-refractivity contribution is 0.0955. The highest BCUT2D eigenvalue weighted by Crippen LogP contribution is 2.20. The molecule has 0 aliphatic carbocycles. The van der Waals surface area contributed by atoms with Gasteiger partial charge in [0, 0.05) is 23.0 Å². The normalized spacial score (nSPS) is 11.3. The average molecular weight is 415 g/mol. The summed E-state index contributed by atoms with van der Waals surface area (Å²) < 4.78 is 27.6. The molecule has 28 heavy (non-hydrogen) atoms. The first-order valence-electron chi connectivity index (χ1n) is 8.06. The highest BCUT2D eigenvalue weighted by molar-refractivity contribution is 7.92. The number of halogens is 1. The van der Waals surface area contributed by atoms with Crippen LogP contribution >= 0.6 is 11.6 Å². The van der Waals surface area contributed by atoms with Gasteiger partial charge >= 0.3 is 0 Å². The van der Waals surface area contributed by atoms with Crippen molar-refractivity contribution in [3.05, 3.63) is 89.2 Å². The molecule has 0 aliphatic heterocycles. The van der Waals surface area contributed by atoms with E-state index in [9.17, 15) is 13.2 Å². The van der Waals surface area contributed by atoms with Gasteiger partial charge in [0.05, 0.1) is 16.8 Å². The van der Waals surface area contributed by atoms with Gasteiger partial charge in [-0.1, -0.05) is 23.7 Å². The number of benzene rings is 2. The van der Waals surface area contributed by atoms with Crippen molar-refractivity contribution in [3.8, 4) is 0 Å². The Hall–Kier alpha value is -3.23. The number of anilines is 1. The summed E-state index contributed by atoms with van der Waals surface area (Å²) in [6, 6.07) is 15.4. The Morgan fingerprint density at radius 2 is 1.79 bits per heavy atom. The zero-order valence-electron chi connectivity index (χ0n) is 14.4. The Balaban J connectivity index is 1.73. The summed E-state index contributed by atoms with van der Waals surface area (Å²) in [5.41, 5.74) is 3.60. The molecule has 7 nitrogen and oxygen atoms in total. The third kappa shape index (κ3) is 5.15. The first-order chi connectivity index (χ1) is 13.4. The molecular formula is C19H15ClN4O3S. The van der Waals surface area contributed by atoms with Crippen molar-refractivity contribution in [2.45, 2.75) is 4.90 Å². The molecule has 0 atom stereocenters. The molecule has 0 unspecified atom stereocenters. The molecule has 0 saturated heterocycles. The van der Waals surface area contributed by atoms with E-state index in [0.29, 0.717) is 10.7 Å². The number of hydrogen-bond acceptors (Lipinski definition) is 5. The van der Waals surface area contributed by atoms with Gasteiger partial charge in [0.1, 0.15) is 0 Å². The van der Waals surface area contributed by atoms with Gasteiger partial charge in [-0.15, -0.1) is 0 Å². The minimum absolute atomic E-state index is 0.0572. The third-order valence-electron chi connectivity index (χ3n) is 3.57. The molecular weight excluding hydrogens is 400 g/mol. The number of hydrazone groups is 1. The number of aromatic nitrogens is 1. The highest BCUT2D eigenvalue weighted by Gasteiger charge is 2.16. The molecule has 0 spiro atoms. The largest absolute Gasteiger partial charge is 0.280 e. The van der Waals surface area contributed by atoms with Gasteiger partial charge in [0.25, 0.3) is 15.9 Å². The standard InChI is InChI=1S/C19H15ClN4O3S/c20-16-4-2-5-17(12-16)24-28(26,27)18-6-1-3-15(11-18)19(25)23-22-13-14-7-9-21-10-8-14/h1-13,24H,(H,23,25)/b22-13+. The number of sulfonamides is 1. The smallest absolute Gasteiger partial charge is 0.271 e. The van der Waals surface area contributed by atoms with Gasteiger partial charge in [-0.2, -0.15) is 5.10 Å². The second-order valence-corrected chi connectivity index (χ2v) is 7.74. The summed E-state index contributed by atoms with van der Waals surface area (Å²) in [6.45, 7) is 0. The van der Waals surface area contributed by atoms with E-state index < -0.39 is 15.9 Å². The van der Waals surface area contributed by atoms with E-state index in [0.717, 1.165) is 5.56 Å². The molecule has 0 radical (unpaired) electrons. The van der Waals surface area contributed by atoms with Crippen molar-refractivity contribution < 1.29 is 13.2 Å². The SMILES string of the molecule is O=C(N/N=C/c1ccncc1)c1cccc(S(=O)(=O)Nc2cccc(Cl)c2)c1. The number of nitrogens with one attached hydrogen (secondary N) is 2. The fourth-order valence-corrected chi connectivity index (χ4v) is 3.54. The molecule has 0 bridgehead atoms. The van der Waals surface area contributed by atoms with Crippen molar-refractivity contribution in [1.82, 2.24) is 10.4 Å². The summed E-state index contributed by atoms with van der Waals surface area (Å²) in [5, 5.41) is 4.26. The molecule has 1 amide bonds. The van der Waals surface area contributed by atoms with Crippen molar-refractivity contribution in [3.63, 3.8) is 0 Å². The minimum Gasteiger partial charge on any atom is -0.280 e. The molecule has 9 heteroatoms. The highest BCUT2D eigenvalue weighted by atomic mass is 35.5. The van der Waals surface area contributed by atoms with Crippen LogP contribution in [0, 0.1) is 0 Å². The summed E-state index contributed by atoms with van der Waals surface area (Å²) in [7, 11) is -3.88. The molecule has 142 valence electrons. The van der Waals surface area contributed by atoms with Gasteiger partial charge in [-0.25, -0.2) is 13.8 Å². The lowest BCUT2D eigenvalue weighted by atomic mass is 10.2. The second-order valence-electron chi connectivity index (χ2n) is 5.62. The molecule has 1 heterocycles. The second kappa shape index (κ2) is 8.64. The number of hydrogen-bond donors (Lipinski definition) is 2. The van der Waals surface area contributed by atoms with Crippen molar-refractivity contribution in [2.24, 2.45) is 5.10 Å². The van der Waals surface area contributed by atoms with Gasteiger partial charge in [-0.3, -0.25) is 14.5 Å². The van der Waals surface area contributed by atoms with Gasteiger partial charge in [-0.05, 0) is 54.1 Å². The number of carbonyl (C=O) groups is 1. The fraction of sp³-hybridized carbons (Fsp3) is 0. The summed E-state index contributed by atoms with van der Waals surface area (Å²) >= 11 is 5.87. The molecule has 0 fully saturated rings. The topological polar surface area (TPSA) is 101 Å². The Kier molecular flexibility index (Phi) is 6.03. The fourth-order valence-electron chi connectivity index (χ4n) is 2.25. The quantitative estimate of drug-likeness (QED) is 0.477. The van der Waals surface area contributed by atoms with Crippen LogP contribution in [-0.2, 0) is 10.0 Å². The zero-order chi connectivity index (χ0) is 20.0. The number of rotatable bonds is 6. The van der Waals surface area contributed by atoms with Gasteiger partial charge in [0.15, 0.2) is 0 Å². The van der Waals surface area contributed by atoms with Crippen LogP contribution in [0.4, 0.5) is 5.69 Å². The summed E-state index contributed by atoms with van der Waals surface area (Å²) in [5.74, 6) is -0.537. The molecule has 2 N–H and O–H groups in total. The van der Waals surface area contributed by atoms with E-state index in [-0.39, 0.29) is 10.5 Å². The van der Waals surface area contributed by atoms with Crippen LogP contribution in [0.15, 0.2) is 83.1 Å². The van der Waals surface area contributed by atoms with E-state index in [1.54, 1.807) is 42.7 Å². The van der Waals surface area contributed by atoms with Crippen LogP contribution in [0.5, 0.6) is 0 Å². The van der Waals surface area contributed by atoms with Crippen molar-refractivity contribution >= 4 is 39.4 Å². The molecule has 0 aliphatic rings. The lowest BCUT2D eigenvalue weighted by Gasteiger charge is -2.09. The van der Waals surface area contributed by atoms with Crippen LogP contribution < -0.4 is 10.1 Å². The minimum atomic E-state index is -3.88. The Morgan fingerprint density at radius 1 is 1.04 bits per heavy atom. The molecule has 2 aromatic carbocycles. The van der Waals surface area contributed by atoms with Crippen LogP contribution in [0.3, 0.4) is 0 Å². The molecule has 1 aromatic heterocycles. The van der Waals surface area contributed by atoms with Crippen LogP contribution in [-0.4, -0.2) is 25.5 Å². The predicted octanol–water partition coefficient (Wildman–Crippen LogP) is 3.30. The van der Waals surface area contributed by atoms with Gasteiger partial charge in [0.2, 0.25) is 0 Å². The van der Waals surface area contributed by atoms with Gasteiger partial charge < -0.3 is 0 Å². The maximum Gasteiger partial charge on any atom is 0.271 e. The van der Waals surface area contributed by atoms with Crippen LogP contribution in [0.1, 0.15) is 15.9 Å². The molecule has 3 rings (SSSR count). The van der Waals surface area contributed by atoms with Crippen molar-refractivity contribution in [1.29, 1.82) is 0 Å². The monoisotopic (exact) mass is 414 g/mol. The van der Waals surface area contributed by atoms with E-state index in [4.69, 9.17) is 11.6 Å². The van der Waals surface area contributed by atoms with E-state index in [1.807, 2.05) is 0 Å². The first kappa shape index (κ1) is 19.5. The Morgan fingerprint density at radius 3 is 2.54 bits per heavy atom. The van der Waals surface area contributed by atoms with E-state index in [2.05, 4.69) is 20.2 Å². The third-order valence-corrected chi connectivity index (χ3v) is 5.18. The maximum absolute atomic E-state index is 12.6.